The van der Waals surface area contributed by atoms with Crippen molar-refractivity contribution >= 4 is 27.1 Å². The minimum atomic E-state index is -4.79. The Hall–Kier alpha value is -2.49. The third-order valence-electron chi connectivity index (χ3n) is 4.77. The standard InChI is InChI=1S/C20H26F2N4O3S/c1-5-23-14-9-8-13(30(28,29)19(21)22)10-15(14)24-18(27)16-11-17(12-6-7-12)26(25-16)20(2,3)4/h8-12,19,23H,5-7H2,1-4H3,(H,24,27). The third kappa shape index (κ3) is 4.48. The van der Waals surface area contributed by atoms with Gasteiger partial charge < -0.3 is 10.6 Å². The van der Waals surface area contributed by atoms with Crippen LogP contribution < -0.4 is 10.6 Å². The molecule has 10 heteroatoms. The first-order valence-corrected chi connectivity index (χ1v) is 11.3. The van der Waals surface area contributed by atoms with Crippen LogP contribution in [0.5, 0.6) is 0 Å². The number of sulfone groups is 1. The maximum absolute atomic E-state index is 12.9. The molecule has 1 aliphatic carbocycles. The summed E-state index contributed by atoms with van der Waals surface area (Å²) in [4.78, 5) is 12.3. The summed E-state index contributed by atoms with van der Waals surface area (Å²) in [5, 5.41) is 10.1. The molecule has 1 aromatic carbocycles. The van der Waals surface area contributed by atoms with E-state index in [9.17, 15) is 22.0 Å². The predicted molar refractivity (Wildman–Crippen MR) is 111 cm³/mol. The molecule has 1 heterocycles. The largest absolute Gasteiger partial charge is 0.384 e. The van der Waals surface area contributed by atoms with Crippen molar-refractivity contribution in [3.8, 4) is 0 Å². The van der Waals surface area contributed by atoms with E-state index in [1.807, 2.05) is 32.4 Å². The van der Waals surface area contributed by atoms with E-state index in [4.69, 9.17) is 0 Å². The van der Waals surface area contributed by atoms with Gasteiger partial charge in [-0.15, -0.1) is 0 Å². The SMILES string of the molecule is CCNc1ccc(S(=O)(=O)C(F)F)cc1NC(=O)c1cc(C2CC2)n(C(C)(C)C)n1. The van der Waals surface area contributed by atoms with Crippen molar-refractivity contribution in [3.63, 3.8) is 0 Å². The van der Waals surface area contributed by atoms with Crippen LogP contribution in [0, 0.1) is 0 Å². The summed E-state index contributed by atoms with van der Waals surface area (Å²) in [6.07, 6.45) is 2.09. The Kier molecular flexibility index (Phi) is 5.90. The lowest BCUT2D eigenvalue weighted by Crippen LogP contribution is -2.26. The molecular formula is C20H26F2N4O3S. The molecule has 164 valence electrons. The summed E-state index contributed by atoms with van der Waals surface area (Å²) in [7, 11) is -4.79. The Morgan fingerprint density at radius 3 is 2.43 bits per heavy atom. The zero-order valence-electron chi connectivity index (χ0n) is 17.4. The molecule has 0 unspecified atom stereocenters. The normalized spacial score (nSPS) is 14.8. The van der Waals surface area contributed by atoms with Crippen molar-refractivity contribution in [2.45, 2.75) is 62.6 Å². The molecule has 1 fully saturated rings. The Morgan fingerprint density at radius 2 is 1.90 bits per heavy atom. The van der Waals surface area contributed by atoms with Gasteiger partial charge in [-0.05, 0) is 64.8 Å². The van der Waals surface area contributed by atoms with Crippen LogP contribution in [0.1, 0.15) is 62.6 Å². The highest BCUT2D eigenvalue weighted by atomic mass is 32.2. The molecule has 2 aromatic rings. The number of rotatable bonds is 7. The van der Waals surface area contributed by atoms with Gasteiger partial charge in [-0.1, -0.05) is 0 Å². The van der Waals surface area contributed by atoms with Gasteiger partial charge in [-0.25, -0.2) is 8.42 Å². The molecule has 0 saturated heterocycles. The number of carbonyl (C=O) groups is 1. The van der Waals surface area contributed by atoms with Crippen LogP contribution >= 0.6 is 0 Å². The molecule has 0 bridgehead atoms. The topological polar surface area (TPSA) is 93.1 Å². The lowest BCUT2D eigenvalue weighted by molar-refractivity contribution is 0.102. The van der Waals surface area contributed by atoms with E-state index in [0.29, 0.717) is 18.2 Å². The first-order valence-electron chi connectivity index (χ1n) is 9.77. The number of benzene rings is 1. The van der Waals surface area contributed by atoms with E-state index in [0.717, 1.165) is 30.7 Å². The number of alkyl halides is 2. The zero-order valence-corrected chi connectivity index (χ0v) is 18.2. The third-order valence-corrected chi connectivity index (χ3v) is 6.15. The molecule has 0 radical (unpaired) electrons. The predicted octanol–water partition coefficient (Wildman–Crippen LogP) is 4.20. The molecule has 30 heavy (non-hydrogen) atoms. The molecule has 1 aliphatic rings. The maximum Gasteiger partial charge on any atom is 0.341 e. The molecule has 1 aromatic heterocycles. The lowest BCUT2D eigenvalue weighted by atomic mass is 10.1. The fourth-order valence-electron chi connectivity index (χ4n) is 3.15. The van der Waals surface area contributed by atoms with Crippen molar-refractivity contribution in [3.05, 3.63) is 35.7 Å². The first kappa shape index (κ1) is 22.2. The molecule has 1 amide bonds. The Balaban J connectivity index is 1.96. The number of anilines is 2. The maximum atomic E-state index is 12.9. The van der Waals surface area contributed by atoms with Gasteiger partial charge in [0.15, 0.2) is 5.69 Å². The van der Waals surface area contributed by atoms with Crippen molar-refractivity contribution in [2.75, 3.05) is 17.2 Å². The fraction of sp³-hybridized carbons (Fsp3) is 0.500. The van der Waals surface area contributed by atoms with Gasteiger partial charge >= 0.3 is 5.76 Å². The van der Waals surface area contributed by atoms with Crippen molar-refractivity contribution in [1.82, 2.24) is 9.78 Å². The molecule has 3 rings (SSSR count). The van der Waals surface area contributed by atoms with Gasteiger partial charge in [0, 0.05) is 18.2 Å². The smallest absolute Gasteiger partial charge is 0.341 e. The Bertz CT molecular complexity index is 1050. The van der Waals surface area contributed by atoms with Crippen molar-refractivity contribution in [2.24, 2.45) is 0 Å². The van der Waals surface area contributed by atoms with Gasteiger partial charge in [0.1, 0.15) is 0 Å². The van der Waals surface area contributed by atoms with E-state index in [1.165, 1.54) is 6.07 Å². The number of nitrogens with one attached hydrogen (secondary N) is 2. The van der Waals surface area contributed by atoms with Gasteiger partial charge in [0.2, 0.25) is 9.84 Å². The zero-order chi connectivity index (χ0) is 22.3. The van der Waals surface area contributed by atoms with Crippen molar-refractivity contribution in [1.29, 1.82) is 0 Å². The van der Waals surface area contributed by atoms with Crippen LogP contribution in [0.2, 0.25) is 0 Å². The average Bonchev–Trinajstić information content (AvgIpc) is 3.39. The lowest BCUT2D eigenvalue weighted by Gasteiger charge is -2.22. The highest BCUT2D eigenvalue weighted by molar-refractivity contribution is 7.91. The first-order chi connectivity index (χ1) is 13.9. The molecule has 7 nitrogen and oxygen atoms in total. The average molecular weight is 441 g/mol. The van der Waals surface area contributed by atoms with Gasteiger partial charge in [-0.2, -0.15) is 13.9 Å². The molecule has 1 saturated carbocycles. The number of amides is 1. The molecule has 2 N–H and O–H groups in total. The minimum Gasteiger partial charge on any atom is -0.384 e. The van der Waals surface area contributed by atoms with Gasteiger partial charge in [0.25, 0.3) is 5.91 Å². The van der Waals surface area contributed by atoms with Crippen LogP contribution in [0.25, 0.3) is 0 Å². The van der Waals surface area contributed by atoms with Crippen LogP contribution in [-0.4, -0.2) is 36.4 Å². The molecule has 0 spiro atoms. The summed E-state index contributed by atoms with van der Waals surface area (Å²) in [6.45, 7) is 8.30. The summed E-state index contributed by atoms with van der Waals surface area (Å²) < 4.78 is 51.4. The van der Waals surface area contributed by atoms with Crippen LogP contribution in [0.15, 0.2) is 29.2 Å². The van der Waals surface area contributed by atoms with Crippen LogP contribution in [0.3, 0.4) is 0 Å². The molecular weight excluding hydrogens is 414 g/mol. The highest BCUT2D eigenvalue weighted by Crippen LogP contribution is 2.42. The van der Waals surface area contributed by atoms with Gasteiger partial charge in [0.05, 0.1) is 21.8 Å². The van der Waals surface area contributed by atoms with Crippen LogP contribution in [0.4, 0.5) is 20.2 Å². The number of halogens is 2. The number of carbonyl (C=O) groups excluding carboxylic acids is 1. The quantitative estimate of drug-likeness (QED) is 0.673. The second kappa shape index (κ2) is 7.98. The van der Waals surface area contributed by atoms with Crippen LogP contribution in [-0.2, 0) is 15.4 Å². The number of nitrogens with zero attached hydrogens (tertiary/aromatic N) is 2. The molecule has 0 aliphatic heterocycles. The van der Waals surface area contributed by atoms with E-state index in [1.54, 1.807) is 6.07 Å². The van der Waals surface area contributed by atoms with E-state index in [2.05, 4.69) is 15.7 Å². The Labute approximate surface area is 174 Å². The monoisotopic (exact) mass is 440 g/mol. The van der Waals surface area contributed by atoms with E-state index >= 15 is 0 Å². The number of aromatic nitrogens is 2. The summed E-state index contributed by atoms with van der Waals surface area (Å²) >= 11 is 0. The summed E-state index contributed by atoms with van der Waals surface area (Å²) in [5.41, 5.74) is 1.39. The van der Waals surface area contributed by atoms with Crippen molar-refractivity contribution < 1.29 is 22.0 Å². The highest BCUT2D eigenvalue weighted by Gasteiger charge is 2.33. The second-order valence-electron chi connectivity index (χ2n) is 8.31. The van der Waals surface area contributed by atoms with E-state index < -0.39 is 26.4 Å². The summed E-state index contributed by atoms with van der Waals surface area (Å²) in [5.74, 6) is -3.71. The molecule has 0 atom stereocenters. The van der Waals surface area contributed by atoms with E-state index in [-0.39, 0.29) is 16.9 Å². The Morgan fingerprint density at radius 1 is 1.23 bits per heavy atom. The summed E-state index contributed by atoms with van der Waals surface area (Å²) in [6, 6.07) is 5.23. The number of hydrogen-bond acceptors (Lipinski definition) is 5. The van der Waals surface area contributed by atoms with Gasteiger partial charge in [-0.3, -0.25) is 9.48 Å². The second-order valence-corrected chi connectivity index (χ2v) is 10.2. The number of hydrogen-bond donors (Lipinski definition) is 2. The minimum absolute atomic E-state index is 0.0989. The fourth-order valence-corrected chi connectivity index (χ4v) is 3.90.